The van der Waals surface area contributed by atoms with Crippen LogP contribution in [0.25, 0.3) is 0 Å². The lowest BCUT2D eigenvalue weighted by molar-refractivity contribution is -0.118. The fourth-order valence-electron chi connectivity index (χ4n) is 4.30. The number of benzene rings is 2. The highest BCUT2D eigenvalue weighted by Gasteiger charge is 2.34. The number of hydrogen-bond acceptors (Lipinski definition) is 3. The van der Waals surface area contributed by atoms with Gasteiger partial charge in [-0.3, -0.25) is 9.69 Å². The summed E-state index contributed by atoms with van der Waals surface area (Å²) in [6, 6.07) is 14.9. The molecule has 4 nitrogen and oxygen atoms in total. The summed E-state index contributed by atoms with van der Waals surface area (Å²) in [4.78, 5) is 17.6. The Morgan fingerprint density at radius 3 is 2.59 bits per heavy atom. The van der Waals surface area contributed by atoms with E-state index < -0.39 is 0 Å². The summed E-state index contributed by atoms with van der Waals surface area (Å²) >= 11 is 6.41. The number of carbonyl (C=O) groups is 1. The maximum Gasteiger partial charge on any atom is 0.238 e. The molecule has 0 spiro atoms. The van der Waals surface area contributed by atoms with Gasteiger partial charge in [-0.05, 0) is 74.9 Å². The van der Waals surface area contributed by atoms with Crippen molar-refractivity contribution in [3.05, 3.63) is 58.6 Å². The Morgan fingerprint density at radius 2 is 1.93 bits per heavy atom. The first-order valence-electron chi connectivity index (χ1n) is 10.7. The van der Waals surface area contributed by atoms with Gasteiger partial charge in [0, 0.05) is 41.6 Å². The minimum Gasteiger partial charge on any atom is -0.372 e. The van der Waals surface area contributed by atoms with E-state index >= 15 is 0 Å². The van der Waals surface area contributed by atoms with Crippen molar-refractivity contribution < 1.29 is 4.79 Å². The van der Waals surface area contributed by atoms with E-state index in [1.54, 1.807) is 0 Å². The van der Waals surface area contributed by atoms with Gasteiger partial charge in [0.05, 0.1) is 6.54 Å². The second-order valence-electron chi connectivity index (χ2n) is 8.34. The van der Waals surface area contributed by atoms with E-state index in [0.717, 1.165) is 47.8 Å². The highest BCUT2D eigenvalue weighted by Crippen LogP contribution is 2.36. The average molecular weight is 412 g/mol. The number of carbonyl (C=O) groups excluding carboxylic acids is 1. The van der Waals surface area contributed by atoms with Crippen LogP contribution in [0.15, 0.2) is 42.5 Å². The minimum atomic E-state index is 0.0350. The van der Waals surface area contributed by atoms with E-state index in [2.05, 4.69) is 47.2 Å². The summed E-state index contributed by atoms with van der Waals surface area (Å²) in [5.41, 5.74) is 4.35. The number of nitrogens with zero attached hydrogens (tertiary/aromatic N) is 2. The molecule has 2 aromatic rings. The molecular formula is C24H30ClN3O. The van der Waals surface area contributed by atoms with Gasteiger partial charge < -0.3 is 10.2 Å². The second-order valence-corrected chi connectivity index (χ2v) is 8.75. The summed E-state index contributed by atoms with van der Waals surface area (Å²) in [7, 11) is 0. The average Bonchev–Trinajstić information content (AvgIpc) is 3.40. The predicted octanol–water partition coefficient (Wildman–Crippen LogP) is 5.41. The summed E-state index contributed by atoms with van der Waals surface area (Å²) in [6.07, 6.45) is 4.81. The molecule has 154 valence electrons. The third kappa shape index (κ3) is 4.76. The van der Waals surface area contributed by atoms with Gasteiger partial charge in [0.15, 0.2) is 0 Å². The van der Waals surface area contributed by atoms with E-state index in [0.29, 0.717) is 12.6 Å². The van der Waals surface area contributed by atoms with E-state index in [9.17, 15) is 4.79 Å². The predicted molar refractivity (Wildman–Crippen MR) is 121 cm³/mol. The largest absolute Gasteiger partial charge is 0.372 e. The van der Waals surface area contributed by atoms with Gasteiger partial charge in [-0.15, -0.1) is 0 Å². The van der Waals surface area contributed by atoms with Crippen LogP contribution in [0.4, 0.5) is 11.4 Å². The van der Waals surface area contributed by atoms with Gasteiger partial charge in [0.1, 0.15) is 0 Å². The molecule has 2 aromatic carbocycles. The topological polar surface area (TPSA) is 35.6 Å². The molecular weight excluding hydrogens is 382 g/mol. The van der Waals surface area contributed by atoms with Crippen LogP contribution in [0.1, 0.15) is 49.8 Å². The molecule has 0 radical (unpaired) electrons. The van der Waals surface area contributed by atoms with E-state index in [1.165, 1.54) is 18.5 Å². The van der Waals surface area contributed by atoms with Crippen molar-refractivity contribution in [1.29, 1.82) is 0 Å². The number of nitrogens with one attached hydrogen (secondary N) is 1. The molecule has 2 aliphatic rings. The summed E-state index contributed by atoms with van der Waals surface area (Å²) < 4.78 is 0. The molecule has 0 bridgehead atoms. The van der Waals surface area contributed by atoms with Crippen LogP contribution in [0, 0.1) is 6.92 Å². The zero-order valence-electron chi connectivity index (χ0n) is 17.3. The molecule has 29 heavy (non-hydrogen) atoms. The maximum absolute atomic E-state index is 12.9. The van der Waals surface area contributed by atoms with Gasteiger partial charge >= 0.3 is 0 Å². The van der Waals surface area contributed by atoms with Gasteiger partial charge in [-0.2, -0.15) is 0 Å². The highest BCUT2D eigenvalue weighted by molar-refractivity contribution is 6.31. The Labute approximate surface area is 178 Å². The fraction of sp³-hybridized carbons (Fsp3) is 0.458. The normalized spacial score (nSPS) is 17.6. The van der Waals surface area contributed by atoms with Crippen LogP contribution in [-0.4, -0.2) is 36.5 Å². The first-order valence-corrected chi connectivity index (χ1v) is 11.1. The molecule has 0 aromatic heterocycles. The van der Waals surface area contributed by atoms with Crippen LogP contribution >= 0.6 is 11.6 Å². The Balaban J connectivity index is 1.43. The van der Waals surface area contributed by atoms with Crippen molar-refractivity contribution >= 4 is 28.9 Å². The first kappa shape index (κ1) is 20.2. The molecule has 1 amide bonds. The van der Waals surface area contributed by atoms with Crippen LogP contribution < -0.4 is 10.2 Å². The van der Waals surface area contributed by atoms with Gasteiger partial charge in [0.25, 0.3) is 0 Å². The zero-order chi connectivity index (χ0) is 20.4. The van der Waals surface area contributed by atoms with Crippen molar-refractivity contribution in [2.75, 3.05) is 29.9 Å². The maximum atomic E-state index is 12.9. The first-order chi connectivity index (χ1) is 14.0. The Morgan fingerprint density at radius 1 is 1.21 bits per heavy atom. The molecule has 1 aliphatic heterocycles. The molecule has 1 saturated heterocycles. The number of amides is 1. The van der Waals surface area contributed by atoms with E-state index in [1.807, 2.05) is 24.3 Å². The molecule has 1 aliphatic carbocycles. The van der Waals surface area contributed by atoms with Crippen LogP contribution in [0.2, 0.25) is 5.02 Å². The van der Waals surface area contributed by atoms with Crippen molar-refractivity contribution in [1.82, 2.24) is 4.90 Å². The van der Waals surface area contributed by atoms with Gasteiger partial charge in [0.2, 0.25) is 5.91 Å². The molecule has 1 heterocycles. The van der Waals surface area contributed by atoms with Crippen molar-refractivity contribution in [2.24, 2.45) is 0 Å². The molecule has 1 saturated carbocycles. The standard InChI is InChI=1S/C24H30ClN3O/c1-17-15-20(27-13-5-6-14-27)11-12-23(17)26-24(29)16-28(19-9-10-19)18(2)21-7-3-4-8-22(21)25/h3-4,7-8,11-12,15,18-19H,5-6,9-10,13-14,16H2,1-2H3,(H,26,29). The minimum absolute atomic E-state index is 0.0350. The number of aryl methyl sites for hydroxylation is 1. The quantitative estimate of drug-likeness (QED) is 0.661. The van der Waals surface area contributed by atoms with Crippen LogP contribution in [0.3, 0.4) is 0 Å². The lowest BCUT2D eigenvalue weighted by Crippen LogP contribution is -2.37. The number of rotatable bonds is 7. The Bertz CT molecular complexity index is 874. The Hall–Kier alpha value is -2.04. The lowest BCUT2D eigenvalue weighted by atomic mass is 10.1. The van der Waals surface area contributed by atoms with Crippen LogP contribution in [-0.2, 0) is 4.79 Å². The van der Waals surface area contributed by atoms with Crippen molar-refractivity contribution in [3.8, 4) is 0 Å². The molecule has 2 fully saturated rings. The second kappa shape index (κ2) is 8.76. The summed E-state index contributed by atoms with van der Waals surface area (Å²) in [5.74, 6) is 0.0350. The van der Waals surface area contributed by atoms with Gasteiger partial charge in [-0.25, -0.2) is 0 Å². The van der Waals surface area contributed by atoms with Crippen LogP contribution in [0.5, 0.6) is 0 Å². The third-order valence-corrected chi connectivity index (χ3v) is 6.49. The zero-order valence-corrected chi connectivity index (χ0v) is 18.1. The molecule has 1 atom stereocenters. The molecule has 1 unspecified atom stereocenters. The number of anilines is 2. The fourth-order valence-corrected chi connectivity index (χ4v) is 4.59. The van der Waals surface area contributed by atoms with Crippen molar-refractivity contribution in [2.45, 2.75) is 51.6 Å². The monoisotopic (exact) mass is 411 g/mol. The molecule has 1 N–H and O–H groups in total. The SMILES string of the molecule is Cc1cc(N2CCCC2)ccc1NC(=O)CN(C1CC1)C(C)c1ccccc1Cl. The third-order valence-electron chi connectivity index (χ3n) is 6.15. The molecule has 4 rings (SSSR count). The molecule has 5 heteroatoms. The number of hydrogen-bond donors (Lipinski definition) is 1. The number of halogens is 1. The summed E-state index contributed by atoms with van der Waals surface area (Å²) in [6.45, 7) is 6.84. The smallest absolute Gasteiger partial charge is 0.238 e. The van der Waals surface area contributed by atoms with E-state index in [4.69, 9.17) is 11.6 Å². The summed E-state index contributed by atoms with van der Waals surface area (Å²) in [5, 5.41) is 3.89. The van der Waals surface area contributed by atoms with Gasteiger partial charge in [-0.1, -0.05) is 29.8 Å². The van der Waals surface area contributed by atoms with E-state index in [-0.39, 0.29) is 11.9 Å². The Kier molecular flexibility index (Phi) is 6.12. The van der Waals surface area contributed by atoms with Crippen molar-refractivity contribution in [3.63, 3.8) is 0 Å². The highest BCUT2D eigenvalue weighted by atomic mass is 35.5. The lowest BCUT2D eigenvalue weighted by Gasteiger charge is -2.29.